The third-order valence-electron chi connectivity index (χ3n) is 5.08. The number of aromatic amines is 1. The van der Waals surface area contributed by atoms with E-state index in [0.29, 0.717) is 29.3 Å². The molecule has 3 N–H and O–H groups in total. The first-order valence-electron chi connectivity index (χ1n) is 9.99. The first kappa shape index (κ1) is 22.2. The van der Waals surface area contributed by atoms with E-state index in [4.69, 9.17) is 14.3 Å². The molecule has 1 saturated heterocycles. The number of furan rings is 1. The van der Waals surface area contributed by atoms with Crippen molar-refractivity contribution in [3.63, 3.8) is 0 Å². The number of likely N-dealkylation sites (tertiary alicyclic amines) is 1. The number of hydrogen-bond donors (Lipinski definition) is 3. The summed E-state index contributed by atoms with van der Waals surface area (Å²) in [5.41, 5.74) is 1.59. The van der Waals surface area contributed by atoms with E-state index in [9.17, 15) is 9.18 Å². The Balaban J connectivity index is 0.000000858. The van der Waals surface area contributed by atoms with Crippen LogP contribution in [0.3, 0.4) is 0 Å². The normalized spacial score (nSPS) is 16.2. The van der Waals surface area contributed by atoms with Crippen LogP contribution in [-0.4, -0.2) is 52.0 Å². The van der Waals surface area contributed by atoms with E-state index in [2.05, 4.69) is 20.2 Å². The molecule has 2 aromatic heterocycles. The predicted octanol–water partition coefficient (Wildman–Crippen LogP) is 3.15. The van der Waals surface area contributed by atoms with Crippen molar-refractivity contribution in [1.82, 2.24) is 20.2 Å². The smallest absolute Gasteiger partial charge is 0.290 e. The SMILES string of the molecule is O=C(NCC1CCCN(Cc2ccco2)C1)c1cc(F)cc(-c2cnc[nH]2)c1.O=CO. The van der Waals surface area contributed by atoms with E-state index in [1.807, 2.05) is 12.1 Å². The van der Waals surface area contributed by atoms with Crippen molar-refractivity contribution in [2.75, 3.05) is 19.6 Å². The van der Waals surface area contributed by atoms with Crippen molar-refractivity contribution in [3.05, 3.63) is 66.3 Å². The third-order valence-corrected chi connectivity index (χ3v) is 5.08. The van der Waals surface area contributed by atoms with Gasteiger partial charge < -0.3 is 19.8 Å². The second kappa shape index (κ2) is 11.1. The van der Waals surface area contributed by atoms with Crippen LogP contribution >= 0.6 is 0 Å². The predicted molar refractivity (Wildman–Crippen MR) is 112 cm³/mol. The second-order valence-electron chi connectivity index (χ2n) is 7.33. The lowest BCUT2D eigenvalue weighted by Crippen LogP contribution is -2.40. The minimum atomic E-state index is -0.445. The number of hydrogen-bond acceptors (Lipinski definition) is 5. The molecule has 0 radical (unpaired) electrons. The van der Waals surface area contributed by atoms with Crippen LogP contribution in [0.15, 0.2) is 53.5 Å². The highest BCUT2D eigenvalue weighted by Crippen LogP contribution is 2.21. The van der Waals surface area contributed by atoms with E-state index in [-0.39, 0.29) is 12.4 Å². The number of carboxylic acid groups (broad SMARTS) is 1. The molecule has 8 nitrogen and oxygen atoms in total. The average molecular weight is 428 g/mol. The number of H-pyrrole nitrogens is 1. The van der Waals surface area contributed by atoms with Crippen LogP contribution in [-0.2, 0) is 11.3 Å². The summed E-state index contributed by atoms with van der Waals surface area (Å²) in [4.78, 5) is 30.1. The minimum absolute atomic E-state index is 0.250. The van der Waals surface area contributed by atoms with E-state index < -0.39 is 5.82 Å². The van der Waals surface area contributed by atoms with Crippen LogP contribution in [0, 0.1) is 11.7 Å². The molecule has 31 heavy (non-hydrogen) atoms. The van der Waals surface area contributed by atoms with Crippen LogP contribution < -0.4 is 5.32 Å². The van der Waals surface area contributed by atoms with Gasteiger partial charge in [0.1, 0.15) is 11.6 Å². The Morgan fingerprint density at radius 2 is 2.26 bits per heavy atom. The zero-order valence-electron chi connectivity index (χ0n) is 17.0. The fourth-order valence-electron chi connectivity index (χ4n) is 3.71. The monoisotopic (exact) mass is 428 g/mol. The van der Waals surface area contributed by atoms with Gasteiger partial charge in [0.25, 0.3) is 12.4 Å². The first-order valence-corrected chi connectivity index (χ1v) is 9.99. The lowest BCUT2D eigenvalue weighted by atomic mass is 9.97. The van der Waals surface area contributed by atoms with Crippen molar-refractivity contribution in [1.29, 1.82) is 0 Å². The van der Waals surface area contributed by atoms with Crippen molar-refractivity contribution < 1.29 is 23.5 Å². The topological polar surface area (TPSA) is 111 Å². The summed E-state index contributed by atoms with van der Waals surface area (Å²) in [7, 11) is 0. The number of piperidine rings is 1. The highest BCUT2D eigenvalue weighted by atomic mass is 19.1. The molecule has 3 aromatic rings. The first-order chi connectivity index (χ1) is 15.1. The molecule has 1 aliphatic heterocycles. The number of imidazole rings is 1. The van der Waals surface area contributed by atoms with Crippen LogP contribution in [0.4, 0.5) is 4.39 Å². The zero-order chi connectivity index (χ0) is 22.1. The highest BCUT2D eigenvalue weighted by molar-refractivity contribution is 5.95. The molecule has 3 heterocycles. The molecular formula is C22H25FN4O4. The number of carbonyl (C=O) groups excluding carboxylic acids is 1. The van der Waals surface area contributed by atoms with Gasteiger partial charge in [-0.3, -0.25) is 14.5 Å². The van der Waals surface area contributed by atoms with Crippen LogP contribution in [0.1, 0.15) is 29.0 Å². The molecule has 0 saturated carbocycles. The molecule has 1 amide bonds. The lowest BCUT2D eigenvalue weighted by Gasteiger charge is -2.32. The summed E-state index contributed by atoms with van der Waals surface area (Å²) in [5.74, 6) is 0.618. The number of nitrogens with one attached hydrogen (secondary N) is 2. The summed E-state index contributed by atoms with van der Waals surface area (Å²) < 4.78 is 19.4. The third kappa shape index (κ3) is 6.51. The van der Waals surface area contributed by atoms with Gasteiger partial charge in [-0.25, -0.2) is 9.37 Å². The number of benzene rings is 1. The van der Waals surface area contributed by atoms with Gasteiger partial charge in [-0.1, -0.05) is 0 Å². The number of aromatic nitrogens is 2. The molecule has 9 heteroatoms. The summed E-state index contributed by atoms with van der Waals surface area (Å²) >= 11 is 0. The largest absolute Gasteiger partial charge is 0.483 e. The van der Waals surface area contributed by atoms with E-state index >= 15 is 0 Å². The number of amides is 1. The molecule has 1 aliphatic rings. The van der Waals surface area contributed by atoms with Crippen molar-refractivity contribution in [2.24, 2.45) is 5.92 Å². The number of carbonyl (C=O) groups is 2. The summed E-state index contributed by atoms with van der Waals surface area (Å²) in [6.07, 6.45) is 6.97. The summed E-state index contributed by atoms with van der Waals surface area (Å²) in [6, 6.07) is 8.20. The van der Waals surface area contributed by atoms with Crippen LogP contribution in [0.2, 0.25) is 0 Å². The fourth-order valence-corrected chi connectivity index (χ4v) is 3.71. The van der Waals surface area contributed by atoms with Gasteiger partial charge in [-0.2, -0.15) is 0 Å². The Kier molecular flexibility index (Phi) is 7.94. The van der Waals surface area contributed by atoms with Crippen molar-refractivity contribution in [2.45, 2.75) is 19.4 Å². The van der Waals surface area contributed by atoms with Gasteiger partial charge in [0, 0.05) is 24.2 Å². The van der Waals surface area contributed by atoms with Crippen LogP contribution in [0.5, 0.6) is 0 Å². The van der Waals surface area contributed by atoms with Gasteiger partial charge in [0.2, 0.25) is 0 Å². The molecule has 1 unspecified atom stereocenters. The molecule has 0 aliphatic carbocycles. The Labute approximate surface area is 179 Å². The molecule has 0 spiro atoms. The molecule has 1 fully saturated rings. The van der Waals surface area contributed by atoms with Gasteiger partial charge in [0.15, 0.2) is 0 Å². The molecule has 164 valence electrons. The quantitative estimate of drug-likeness (QED) is 0.520. The summed E-state index contributed by atoms with van der Waals surface area (Å²) in [5, 5.41) is 9.86. The Morgan fingerprint density at radius 3 is 2.97 bits per heavy atom. The number of rotatable bonds is 6. The lowest BCUT2D eigenvalue weighted by molar-refractivity contribution is -0.122. The van der Waals surface area contributed by atoms with Crippen molar-refractivity contribution in [3.8, 4) is 11.3 Å². The van der Waals surface area contributed by atoms with E-state index in [0.717, 1.165) is 38.2 Å². The maximum atomic E-state index is 14.0. The fraction of sp³-hybridized carbons (Fsp3) is 0.318. The summed E-state index contributed by atoms with van der Waals surface area (Å²) in [6.45, 7) is 3.05. The maximum Gasteiger partial charge on any atom is 0.290 e. The Hall–Kier alpha value is -3.46. The average Bonchev–Trinajstić information content (AvgIpc) is 3.47. The maximum absolute atomic E-state index is 14.0. The molecule has 1 atom stereocenters. The molecule has 1 aromatic carbocycles. The Bertz CT molecular complexity index is 960. The van der Waals surface area contributed by atoms with Crippen molar-refractivity contribution >= 4 is 12.4 Å². The number of nitrogens with zero attached hydrogens (tertiary/aromatic N) is 2. The molecular weight excluding hydrogens is 403 g/mol. The van der Waals surface area contributed by atoms with E-state index in [1.165, 1.54) is 18.5 Å². The number of halogens is 1. The Morgan fingerprint density at radius 1 is 1.42 bits per heavy atom. The van der Waals surface area contributed by atoms with Gasteiger partial charge in [-0.05, 0) is 55.6 Å². The standard InChI is InChI=1S/C21H23FN4O2.CH2O2/c22-18-8-16(20-11-23-14-25-20)7-17(9-18)21(27)24-10-15-3-1-5-26(12-15)13-19-4-2-6-28-19;2-1-3/h2,4,6-9,11,14-15H,1,3,5,10,12-13H2,(H,23,25)(H,24,27);1H,(H,2,3). The molecule has 0 bridgehead atoms. The highest BCUT2D eigenvalue weighted by Gasteiger charge is 2.21. The van der Waals surface area contributed by atoms with Gasteiger partial charge in [0.05, 0.1) is 31.0 Å². The van der Waals surface area contributed by atoms with Gasteiger partial charge >= 0.3 is 0 Å². The van der Waals surface area contributed by atoms with Gasteiger partial charge in [-0.15, -0.1) is 0 Å². The van der Waals surface area contributed by atoms with Crippen LogP contribution in [0.25, 0.3) is 11.3 Å². The zero-order valence-corrected chi connectivity index (χ0v) is 17.0. The molecule has 4 rings (SSSR count). The minimum Gasteiger partial charge on any atom is -0.483 e. The second-order valence-corrected chi connectivity index (χ2v) is 7.33. The van der Waals surface area contributed by atoms with E-state index in [1.54, 1.807) is 18.5 Å².